The Hall–Kier alpha value is -0.860. The molecule has 0 bridgehead atoms. The molecule has 2 nitrogen and oxygen atoms in total. The van der Waals surface area contributed by atoms with Crippen molar-refractivity contribution in [2.75, 3.05) is 19.7 Å². The van der Waals surface area contributed by atoms with Gasteiger partial charge in [0.25, 0.3) is 0 Å². The molecule has 1 saturated heterocycles. The van der Waals surface area contributed by atoms with Crippen LogP contribution in [0.3, 0.4) is 0 Å². The average molecular weight is 372 g/mol. The van der Waals surface area contributed by atoms with Crippen molar-refractivity contribution in [2.45, 2.75) is 96.0 Å². The van der Waals surface area contributed by atoms with Gasteiger partial charge in [0.2, 0.25) is 0 Å². The van der Waals surface area contributed by atoms with E-state index in [9.17, 15) is 0 Å². The summed E-state index contributed by atoms with van der Waals surface area (Å²) in [7, 11) is 0. The van der Waals surface area contributed by atoms with Gasteiger partial charge < -0.3 is 10.1 Å². The molecule has 1 aliphatic heterocycles. The van der Waals surface area contributed by atoms with Crippen LogP contribution in [0.15, 0.2) is 24.3 Å². The van der Waals surface area contributed by atoms with Gasteiger partial charge in [0.05, 0.1) is 6.61 Å². The smallest absolute Gasteiger partial charge is 0.0716 e. The van der Waals surface area contributed by atoms with E-state index in [4.69, 9.17) is 4.74 Å². The molecule has 0 spiro atoms. The zero-order chi connectivity index (χ0) is 18.6. The lowest BCUT2D eigenvalue weighted by molar-refractivity contribution is 0.116. The quantitative estimate of drug-likeness (QED) is 0.468. The molecule has 1 heterocycles. The second kappa shape index (κ2) is 12.6. The SMILES string of the molecule is c1cc(COCCCCCCC2CCCCNC2)cc(C2CCCCC2)c1. The zero-order valence-electron chi connectivity index (χ0n) is 17.4. The summed E-state index contributed by atoms with van der Waals surface area (Å²) in [5.74, 6) is 1.72. The number of unbranched alkanes of at least 4 members (excludes halogenated alkanes) is 3. The molecular weight excluding hydrogens is 330 g/mol. The Balaban J connectivity index is 1.23. The summed E-state index contributed by atoms with van der Waals surface area (Å²) in [6.45, 7) is 4.19. The van der Waals surface area contributed by atoms with Crippen molar-refractivity contribution in [3.63, 3.8) is 0 Å². The van der Waals surface area contributed by atoms with Crippen LogP contribution in [-0.2, 0) is 11.3 Å². The first-order valence-electron chi connectivity index (χ1n) is 11.8. The highest BCUT2D eigenvalue weighted by Gasteiger charge is 2.15. The van der Waals surface area contributed by atoms with Crippen molar-refractivity contribution in [3.8, 4) is 0 Å². The zero-order valence-corrected chi connectivity index (χ0v) is 17.4. The van der Waals surface area contributed by atoms with Gasteiger partial charge in [0, 0.05) is 6.61 Å². The molecule has 1 N–H and O–H groups in total. The van der Waals surface area contributed by atoms with Gasteiger partial charge in [-0.05, 0) is 74.6 Å². The monoisotopic (exact) mass is 371 g/mol. The van der Waals surface area contributed by atoms with Crippen molar-refractivity contribution in [1.82, 2.24) is 5.32 Å². The molecule has 0 aromatic heterocycles. The van der Waals surface area contributed by atoms with Crippen LogP contribution in [0.4, 0.5) is 0 Å². The highest BCUT2D eigenvalue weighted by Crippen LogP contribution is 2.32. The summed E-state index contributed by atoms with van der Waals surface area (Å²) < 4.78 is 5.97. The van der Waals surface area contributed by atoms with E-state index in [-0.39, 0.29) is 0 Å². The van der Waals surface area contributed by atoms with Crippen molar-refractivity contribution in [1.29, 1.82) is 0 Å². The lowest BCUT2D eigenvalue weighted by atomic mass is 9.84. The van der Waals surface area contributed by atoms with Crippen molar-refractivity contribution < 1.29 is 4.74 Å². The van der Waals surface area contributed by atoms with Crippen LogP contribution in [0.1, 0.15) is 101 Å². The van der Waals surface area contributed by atoms with Gasteiger partial charge >= 0.3 is 0 Å². The van der Waals surface area contributed by atoms with Crippen LogP contribution >= 0.6 is 0 Å². The Morgan fingerprint density at radius 1 is 0.889 bits per heavy atom. The summed E-state index contributed by atoms with van der Waals surface area (Å²) in [6.07, 6.45) is 18.0. The van der Waals surface area contributed by atoms with Gasteiger partial charge in [0.1, 0.15) is 0 Å². The molecule has 2 heteroatoms. The predicted molar refractivity (Wildman–Crippen MR) is 115 cm³/mol. The Morgan fingerprint density at radius 3 is 2.67 bits per heavy atom. The van der Waals surface area contributed by atoms with Crippen LogP contribution in [0.5, 0.6) is 0 Å². The molecule has 3 rings (SSSR count). The van der Waals surface area contributed by atoms with Crippen LogP contribution in [0.25, 0.3) is 0 Å². The van der Waals surface area contributed by atoms with E-state index in [2.05, 4.69) is 29.6 Å². The molecule has 1 aromatic carbocycles. The highest BCUT2D eigenvalue weighted by molar-refractivity contribution is 5.26. The first-order chi connectivity index (χ1) is 13.4. The number of ether oxygens (including phenoxy) is 1. The van der Waals surface area contributed by atoms with Crippen molar-refractivity contribution in [3.05, 3.63) is 35.4 Å². The molecule has 0 radical (unpaired) electrons. The number of hydrogen-bond acceptors (Lipinski definition) is 2. The summed E-state index contributed by atoms with van der Waals surface area (Å²) >= 11 is 0. The first kappa shape index (κ1) is 20.9. The summed E-state index contributed by atoms with van der Waals surface area (Å²) in [6, 6.07) is 9.18. The minimum atomic E-state index is 0.786. The fourth-order valence-corrected chi connectivity index (χ4v) is 4.89. The van der Waals surface area contributed by atoms with E-state index in [1.165, 1.54) is 102 Å². The molecule has 2 aliphatic rings. The lowest BCUT2D eigenvalue weighted by Gasteiger charge is -2.22. The molecule has 27 heavy (non-hydrogen) atoms. The van der Waals surface area contributed by atoms with Crippen LogP contribution in [-0.4, -0.2) is 19.7 Å². The van der Waals surface area contributed by atoms with E-state index in [1.54, 1.807) is 5.56 Å². The lowest BCUT2D eigenvalue weighted by Crippen LogP contribution is -2.20. The fraction of sp³-hybridized carbons (Fsp3) is 0.760. The van der Waals surface area contributed by atoms with E-state index in [1.807, 2.05) is 0 Å². The Kier molecular flexibility index (Phi) is 9.71. The minimum absolute atomic E-state index is 0.786. The van der Waals surface area contributed by atoms with Gasteiger partial charge in [-0.3, -0.25) is 0 Å². The normalized spacial score (nSPS) is 21.9. The van der Waals surface area contributed by atoms with Gasteiger partial charge in [-0.1, -0.05) is 69.2 Å². The number of benzene rings is 1. The summed E-state index contributed by atoms with van der Waals surface area (Å²) in [5, 5.41) is 3.59. The minimum Gasteiger partial charge on any atom is -0.377 e. The molecule has 1 aromatic rings. The molecule has 1 aliphatic carbocycles. The third-order valence-corrected chi connectivity index (χ3v) is 6.60. The van der Waals surface area contributed by atoms with E-state index >= 15 is 0 Å². The Labute approximate surface area is 167 Å². The molecule has 1 unspecified atom stereocenters. The molecule has 0 amide bonds. The first-order valence-corrected chi connectivity index (χ1v) is 11.8. The van der Waals surface area contributed by atoms with E-state index in [0.29, 0.717) is 0 Å². The fourth-order valence-electron chi connectivity index (χ4n) is 4.89. The average Bonchev–Trinajstić information content (AvgIpc) is 3.00. The van der Waals surface area contributed by atoms with Crippen molar-refractivity contribution in [2.24, 2.45) is 5.92 Å². The maximum absolute atomic E-state index is 5.97. The molecule has 152 valence electrons. The Morgan fingerprint density at radius 2 is 1.74 bits per heavy atom. The summed E-state index contributed by atoms with van der Waals surface area (Å²) in [4.78, 5) is 0. The number of rotatable bonds is 10. The molecule has 1 saturated carbocycles. The number of nitrogens with one attached hydrogen (secondary N) is 1. The van der Waals surface area contributed by atoms with E-state index < -0.39 is 0 Å². The standard InChI is InChI=1S/C25H41NO/c1(4-11-22-12-7-8-17-26-20-22)2-9-18-27-21-23-13-10-16-25(19-23)24-14-5-3-6-15-24/h10,13,16,19,22,24,26H,1-9,11-12,14-15,17-18,20-21H2. The Bertz CT molecular complexity index is 501. The predicted octanol–water partition coefficient (Wildman–Crippen LogP) is 6.59. The van der Waals surface area contributed by atoms with Crippen LogP contribution in [0, 0.1) is 5.92 Å². The highest BCUT2D eigenvalue weighted by atomic mass is 16.5. The second-order valence-electron chi connectivity index (χ2n) is 8.90. The van der Waals surface area contributed by atoms with Gasteiger partial charge in [0.15, 0.2) is 0 Å². The largest absolute Gasteiger partial charge is 0.377 e. The molecule has 1 atom stereocenters. The maximum Gasteiger partial charge on any atom is 0.0716 e. The summed E-state index contributed by atoms with van der Waals surface area (Å²) in [5.41, 5.74) is 2.91. The van der Waals surface area contributed by atoms with Gasteiger partial charge in [-0.2, -0.15) is 0 Å². The van der Waals surface area contributed by atoms with Gasteiger partial charge in [-0.25, -0.2) is 0 Å². The third kappa shape index (κ3) is 7.95. The topological polar surface area (TPSA) is 21.3 Å². The third-order valence-electron chi connectivity index (χ3n) is 6.60. The van der Waals surface area contributed by atoms with Crippen molar-refractivity contribution >= 4 is 0 Å². The molecule has 2 fully saturated rings. The number of hydrogen-bond donors (Lipinski definition) is 1. The maximum atomic E-state index is 5.97. The molecular formula is C25H41NO. The second-order valence-corrected chi connectivity index (χ2v) is 8.90. The van der Waals surface area contributed by atoms with Crippen LogP contribution < -0.4 is 5.32 Å². The van der Waals surface area contributed by atoms with E-state index in [0.717, 1.165) is 25.0 Å². The van der Waals surface area contributed by atoms with Crippen LogP contribution in [0.2, 0.25) is 0 Å². The van der Waals surface area contributed by atoms with Gasteiger partial charge in [-0.15, -0.1) is 0 Å².